The highest BCUT2D eigenvalue weighted by Gasteiger charge is 2.08. The fraction of sp³-hybridized carbons (Fsp3) is 0. The zero-order valence-corrected chi connectivity index (χ0v) is 8.06. The van der Waals surface area contributed by atoms with Crippen molar-refractivity contribution in [1.82, 2.24) is 4.37 Å². The first-order valence-corrected chi connectivity index (χ1v) is 5.10. The Hall–Kier alpha value is -1.20. The van der Waals surface area contributed by atoms with E-state index in [1.165, 1.54) is 22.9 Å². The van der Waals surface area contributed by atoms with Crippen LogP contribution in [0.4, 0.5) is 0 Å². The van der Waals surface area contributed by atoms with Crippen LogP contribution in [-0.4, -0.2) is 15.4 Å². The average molecular weight is 211 g/mol. The van der Waals surface area contributed by atoms with Gasteiger partial charge in [0.1, 0.15) is 4.88 Å². The molecule has 66 valence electrons. The summed E-state index contributed by atoms with van der Waals surface area (Å²) in [6.45, 7) is 0. The first kappa shape index (κ1) is 8.40. The van der Waals surface area contributed by atoms with E-state index in [9.17, 15) is 4.79 Å². The Bertz CT molecular complexity index is 419. The van der Waals surface area contributed by atoms with Gasteiger partial charge >= 0.3 is 5.97 Å². The normalized spacial score (nSPS) is 10.2. The number of carbonyl (C=O) groups is 1. The predicted octanol–water partition coefficient (Wildman–Crippen LogP) is 2.57. The van der Waals surface area contributed by atoms with Crippen molar-refractivity contribution in [2.24, 2.45) is 0 Å². The minimum atomic E-state index is -0.874. The molecule has 5 heteroatoms. The van der Waals surface area contributed by atoms with Crippen LogP contribution in [0, 0.1) is 0 Å². The molecular formula is C8H5NO2S2. The van der Waals surface area contributed by atoms with Gasteiger partial charge in [0.05, 0.1) is 4.88 Å². The van der Waals surface area contributed by atoms with Crippen LogP contribution in [0.2, 0.25) is 0 Å². The lowest BCUT2D eigenvalue weighted by Crippen LogP contribution is -1.89. The summed E-state index contributed by atoms with van der Waals surface area (Å²) < 4.78 is 3.95. The van der Waals surface area contributed by atoms with Gasteiger partial charge in [-0.1, -0.05) is 0 Å². The molecule has 3 nitrogen and oxygen atoms in total. The molecule has 0 saturated heterocycles. The third-order valence-electron chi connectivity index (χ3n) is 1.50. The van der Waals surface area contributed by atoms with Gasteiger partial charge in [-0.05, 0) is 29.7 Å². The van der Waals surface area contributed by atoms with Crippen LogP contribution in [0.15, 0.2) is 24.4 Å². The van der Waals surface area contributed by atoms with Crippen molar-refractivity contribution in [3.63, 3.8) is 0 Å². The van der Waals surface area contributed by atoms with E-state index in [-0.39, 0.29) is 0 Å². The summed E-state index contributed by atoms with van der Waals surface area (Å²) in [6, 6.07) is 5.30. The Morgan fingerprint density at radius 3 is 2.69 bits per heavy atom. The van der Waals surface area contributed by atoms with Gasteiger partial charge in [-0.15, -0.1) is 11.3 Å². The number of carboxylic acid groups (broad SMARTS) is 1. The van der Waals surface area contributed by atoms with Crippen LogP contribution in [-0.2, 0) is 0 Å². The number of hydrogen-bond donors (Lipinski definition) is 1. The monoisotopic (exact) mass is 211 g/mol. The van der Waals surface area contributed by atoms with Gasteiger partial charge in [-0.3, -0.25) is 0 Å². The number of nitrogens with zero attached hydrogens (tertiary/aromatic N) is 1. The second kappa shape index (κ2) is 3.27. The van der Waals surface area contributed by atoms with E-state index in [0.29, 0.717) is 4.88 Å². The van der Waals surface area contributed by atoms with Gasteiger partial charge in [0.15, 0.2) is 0 Å². The highest BCUT2D eigenvalue weighted by Crippen LogP contribution is 2.30. The van der Waals surface area contributed by atoms with E-state index in [4.69, 9.17) is 5.11 Å². The summed E-state index contributed by atoms with van der Waals surface area (Å²) in [6.07, 6.45) is 1.71. The number of aromatic carboxylic acids is 1. The molecule has 0 aliphatic carbocycles. The molecule has 2 aromatic rings. The average Bonchev–Trinajstić information content (AvgIpc) is 2.75. The molecule has 0 aliphatic heterocycles. The van der Waals surface area contributed by atoms with Crippen LogP contribution < -0.4 is 0 Å². The van der Waals surface area contributed by atoms with E-state index in [2.05, 4.69) is 4.37 Å². The van der Waals surface area contributed by atoms with Crippen molar-refractivity contribution in [3.05, 3.63) is 29.3 Å². The lowest BCUT2D eigenvalue weighted by atomic mass is 10.4. The molecule has 0 aliphatic rings. The minimum Gasteiger partial charge on any atom is -0.477 e. The lowest BCUT2D eigenvalue weighted by Gasteiger charge is -1.85. The summed E-state index contributed by atoms with van der Waals surface area (Å²) in [5.41, 5.74) is 0. The highest BCUT2D eigenvalue weighted by molar-refractivity contribution is 7.21. The van der Waals surface area contributed by atoms with Crippen molar-refractivity contribution < 1.29 is 9.90 Å². The number of hydrogen-bond acceptors (Lipinski definition) is 4. The highest BCUT2D eigenvalue weighted by atomic mass is 32.1. The van der Waals surface area contributed by atoms with Crippen molar-refractivity contribution >= 4 is 28.8 Å². The first-order chi connectivity index (χ1) is 6.27. The summed E-state index contributed by atoms with van der Waals surface area (Å²) in [5, 5.41) is 8.69. The molecule has 0 spiro atoms. The molecule has 2 aromatic heterocycles. The molecule has 0 fully saturated rings. The largest absolute Gasteiger partial charge is 0.477 e. The van der Waals surface area contributed by atoms with E-state index >= 15 is 0 Å². The summed E-state index contributed by atoms with van der Waals surface area (Å²) in [4.78, 5) is 12.9. The van der Waals surface area contributed by atoms with Gasteiger partial charge in [0.2, 0.25) is 0 Å². The Morgan fingerprint density at radius 2 is 2.15 bits per heavy atom. The standard InChI is InChI=1S/C8H5NO2S2/c10-8(11)7-2-1-5(12-7)6-3-4-9-13-6/h1-4H,(H,10,11). The molecule has 0 saturated carbocycles. The maximum absolute atomic E-state index is 10.6. The van der Waals surface area contributed by atoms with Crippen LogP contribution in [0.25, 0.3) is 9.75 Å². The second-order valence-corrected chi connectivity index (χ2v) is 4.26. The van der Waals surface area contributed by atoms with Crippen LogP contribution in [0.1, 0.15) is 9.67 Å². The molecular weight excluding hydrogens is 206 g/mol. The van der Waals surface area contributed by atoms with Gasteiger partial charge in [-0.2, -0.15) is 0 Å². The van der Waals surface area contributed by atoms with Gasteiger partial charge in [-0.25, -0.2) is 9.17 Å². The molecule has 0 radical (unpaired) electrons. The summed E-state index contributed by atoms with van der Waals surface area (Å²) >= 11 is 2.64. The third kappa shape index (κ3) is 1.61. The number of rotatable bonds is 2. The maximum atomic E-state index is 10.6. The summed E-state index contributed by atoms with van der Waals surface area (Å²) in [7, 11) is 0. The molecule has 0 amide bonds. The Balaban J connectivity index is 2.39. The van der Waals surface area contributed by atoms with Crippen LogP contribution in [0.3, 0.4) is 0 Å². The van der Waals surface area contributed by atoms with E-state index in [1.54, 1.807) is 12.3 Å². The number of carboxylic acids is 1. The quantitative estimate of drug-likeness (QED) is 0.830. The molecule has 0 aromatic carbocycles. The van der Waals surface area contributed by atoms with E-state index in [0.717, 1.165) is 9.75 Å². The van der Waals surface area contributed by atoms with E-state index < -0.39 is 5.97 Å². The Morgan fingerprint density at radius 1 is 1.31 bits per heavy atom. The van der Waals surface area contributed by atoms with Crippen molar-refractivity contribution in [2.45, 2.75) is 0 Å². The second-order valence-electron chi connectivity index (χ2n) is 2.35. The fourth-order valence-corrected chi connectivity index (χ4v) is 2.44. The third-order valence-corrected chi connectivity index (χ3v) is 3.51. The maximum Gasteiger partial charge on any atom is 0.345 e. The van der Waals surface area contributed by atoms with Crippen molar-refractivity contribution in [2.75, 3.05) is 0 Å². The molecule has 0 unspecified atom stereocenters. The topological polar surface area (TPSA) is 50.2 Å². The zero-order chi connectivity index (χ0) is 9.26. The molecule has 0 bridgehead atoms. The van der Waals surface area contributed by atoms with Gasteiger partial charge < -0.3 is 5.11 Å². The van der Waals surface area contributed by atoms with Crippen molar-refractivity contribution in [3.8, 4) is 9.75 Å². The number of thiophene rings is 1. The molecule has 0 atom stereocenters. The van der Waals surface area contributed by atoms with Crippen LogP contribution >= 0.6 is 22.9 Å². The molecule has 1 N–H and O–H groups in total. The van der Waals surface area contributed by atoms with Gasteiger partial charge in [0, 0.05) is 11.1 Å². The molecule has 13 heavy (non-hydrogen) atoms. The number of aromatic nitrogens is 1. The smallest absolute Gasteiger partial charge is 0.345 e. The molecule has 2 rings (SSSR count). The Kier molecular flexibility index (Phi) is 2.12. The molecule has 2 heterocycles. The van der Waals surface area contributed by atoms with Crippen LogP contribution in [0.5, 0.6) is 0 Å². The first-order valence-electron chi connectivity index (χ1n) is 3.51. The zero-order valence-electron chi connectivity index (χ0n) is 6.43. The minimum absolute atomic E-state index is 0.364. The summed E-state index contributed by atoms with van der Waals surface area (Å²) in [5.74, 6) is -0.874. The van der Waals surface area contributed by atoms with E-state index in [1.807, 2.05) is 12.1 Å². The lowest BCUT2D eigenvalue weighted by molar-refractivity contribution is 0.0702. The fourth-order valence-electron chi connectivity index (χ4n) is 0.928. The predicted molar refractivity (Wildman–Crippen MR) is 52.4 cm³/mol. The van der Waals surface area contributed by atoms with Gasteiger partial charge in [0.25, 0.3) is 0 Å². The van der Waals surface area contributed by atoms with Crippen molar-refractivity contribution in [1.29, 1.82) is 0 Å². The Labute approximate surface area is 82.5 Å². The SMILES string of the molecule is O=C(O)c1ccc(-c2ccns2)s1.